The molecule has 0 saturated carbocycles. The normalized spacial score (nSPS) is 11.0. The molecule has 0 aromatic heterocycles. The Morgan fingerprint density at radius 3 is 2.46 bits per heavy atom. The highest BCUT2D eigenvalue weighted by Crippen LogP contribution is 2.22. The van der Waals surface area contributed by atoms with Crippen LogP contribution in [0.15, 0.2) is 48.5 Å². The van der Waals surface area contributed by atoms with Gasteiger partial charge in [0.25, 0.3) is 5.69 Å². The number of carbonyl (C=O) groups excluding carboxylic acids is 1. The van der Waals surface area contributed by atoms with Crippen LogP contribution in [0.2, 0.25) is 0 Å². The summed E-state index contributed by atoms with van der Waals surface area (Å²) < 4.78 is 37.6. The monoisotopic (exact) mass is 381 g/mol. The number of nitro groups is 1. The first kappa shape index (κ1) is 19.3. The van der Waals surface area contributed by atoms with Gasteiger partial charge in [0.1, 0.15) is 12.4 Å². The highest BCUT2D eigenvalue weighted by molar-refractivity contribution is 7.92. The van der Waals surface area contributed by atoms with Crippen molar-refractivity contribution >= 4 is 27.3 Å². The highest BCUT2D eigenvalue weighted by Gasteiger charge is 2.22. The van der Waals surface area contributed by atoms with Gasteiger partial charge in [-0.25, -0.2) is 12.8 Å². The van der Waals surface area contributed by atoms with Gasteiger partial charge in [-0.1, -0.05) is 18.2 Å². The Morgan fingerprint density at radius 2 is 1.88 bits per heavy atom. The first-order valence-electron chi connectivity index (χ1n) is 7.40. The maximum Gasteiger partial charge on any atom is 0.271 e. The summed E-state index contributed by atoms with van der Waals surface area (Å²) in [6, 6.07) is 10.5. The molecule has 2 aromatic rings. The summed E-state index contributed by atoms with van der Waals surface area (Å²) in [6.07, 6.45) is 0.902. The van der Waals surface area contributed by atoms with Crippen LogP contribution in [0.5, 0.6) is 0 Å². The van der Waals surface area contributed by atoms with E-state index in [4.69, 9.17) is 0 Å². The van der Waals surface area contributed by atoms with Gasteiger partial charge >= 0.3 is 0 Å². The zero-order chi connectivity index (χ0) is 19.3. The lowest BCUT2D eigenvalue weighted by Crippen LogP contribution is -2.40. The molecule has 1 amide bonds. The average molecular weight is 381 g/mol. The first-order chi connectivity index (χ1) is 12.2. The smallest absolute Gasteiger partial charge is 0.271 e. The van der Waals surface area contributed by atoms with Crippen LogP contribution in [0, 0.1) is 15.9 Å². The second-order valence-corrected chi connectivity index (χ2v) is 7.36. The van der Waals surface area contributed by atoms with Crippen molar-refractivity contribution in [3.05, 3.63) is 70.0 Å². The van der Waals surface area contributed by atoms with E-state index in [-0.39, 0.29) is 17.9 Å². The van der Waals surface area contributed by atoms with E-state index in [0.29, 0.717) is 5.56 Å². The van der Waals surface area contributed by atoms with E-state index in [0.717, 1.165) is 16.6 Å². The molecule has 0 heterocycles. The zero-order valence-electron chi connectivity index (χ0n) is 13.8. The molecule has 2 rings (SSSR count). The molecule has 2 aromatic carbocycles. The molecule has 0 bridgehead atoms. The summed E-state index contributed by atoms with van der Waals surface area (Å²) in [7, 11) is -3.84. The lowest BCUT2D eigenvalue weighted by atomic mass is 10.2. The number of hydrogen-bond acceptors (Lipinski definition) is 5. The molecule has 1 N–H and O–H groups in total. The summed E-state index contributed by atoms with van der Waals surface area (Å²) in [6.45, 7) is -0.452. The molecule has 10 heteroatoms. The number of amides is 1. The van der Waals surface area contributed by atoms with Gasteiger partial charge in [0, 0.05) is 18.7 Å². The lowest BCUT2D eigenvalue weighted by Gasteiger charge is -2.21. The Balaban J connectivity index is 2.13. The summed E-state index contributed by atoms with van der Waals surface area (Å²) in [4.78, 5) is 22.3. The van der Waals surface area contributed by atoms with E-state index < -0.39 is 33.2 Å². The minimum Gasteiger partial charge on any atom is -0.350 e. The maximum atomic E-state index is 12.9. The zero-order valence-corrected chi connectivity index (χ0v) is 14.6. The molecule has 0 atom stereocenters. The molecule has 0 aliphatic carbocycles. The number of benzene rings is 2. The Bertz CT molecular complexity index is 916. The average Bonchev–Trinajstić information content (AvgIpc) is 2.58. The van der Waals surface area contributed by atoms with Crippen molar-refractivity contribution in [2.45, 2.75) is 6.54 Å². The molecule has 0 saturated heterocycles. The summed E-state index contributed by atoms with van der Waals surface area (Å²) in [5, 5.41) is 13.4. The van der Waals surface area contributed by atoms with Gasteiger partial charge < -0.3 is 5.32 Å². The Morgan fingerprint density at radius 1 is 1.23 bits per heavy atom. The van der Waals surface area contributed by atoms with Crippen molar-refractivity contribution in [2.24, 2.45) is 0 Å². The van der Waals surface area contributed by atoms with Crippen LogP contribution in [0.3, 0.4) is 0 Å². The van der Waals surface area contributed by atoms with Crippen molar-refractivity contribution in [3.63, 3.8) is 0 Å². The fraction of sp³-hybridized carbons (Fsp3) is 0.188. The van der Waals surface area contributed by atoms with Crippen molar-refractivity contribution in [3.8, 4) is 0 Å². The number of sulfonamides is 1. The molecule has 0 aliphatic heterocycles. The molecular weight excluding hydrogens is 365 g/mol. The number of anilines is 1. The van der Waals surface area contributed by atoms with Crippen LogP contribution in [-0.2, 0) is 21.4 Å². The van der Waals surface area contributed by atoms with Gasteiger partial charge in [0.2, 0.25) is 15.9 Å². The third-order valence-corrected chi connectivity index (χ3v) is 4.56. The summed E-state index contributed by atoms with van der Waals surface area (Å²) in [5.74, 6) is -1.01. The molecule has 8 nitrogen and oxygen atoms in total. The van der Waals surface area contributed by atoms with E-state index in [1.54, 1.807) is 0 Å². The van der Waals surface area contributed by atoms with Crippen LogP contribution < -0.4 is 9.62 Å². The third kappa shape index (κ3) is 5.24. The number of nitro benzene ring substituents is 1. The minimum atomic E-state index is -3.84. The fourth-order valence-electron chi connectivity index (χ4n) is 2.15. The Hall–Kier alpha value is -3.01. The van der Waals surface area contributed by atoms with Crippen molar-refractivity contribution in [1.82, 2.24) is 5.32 Å². The predicted octanol–water partition coefficient (Wildman–Crippen LogP) is 1.82. The van der Waals surface area contributed by atoms with Gasteiger partial charge in [0.15, 0.2) is 0 Å². The number of carbonyl (C=O) groups is 1. The number of rotatable bonds is 7. The summed E-state index contributed by atoms with van der Waals surface area (Å²) in [5.41, 5.74) is 0.363. The van der Waals surface area contributed by atoms with E-state index in [2.05, 4.69) is 5.32 Å². The van der Waals surface area contributed by atoms with E-state index in [1.807, 2.05) is 0 Å². The SMILES string of the molecule is CS(=O)(=O)N(CC(=O)NCc1ccc(F)cc1)c1cccc([N+](=O)[O-])c1. The second-order valence-electron chi connectivity index (χ2n) is 5.45. The number of halogens is 1. The summed E-state index contributed by atoms with van der Waals surface area (Å²) >= 11 is 0. The van der Waals surface area contributed by atoms with Gasteiger partial charge in [0.05, 0.1) is 16.9 Å². The van der Waals surface area contributed by atoms with Crippen LogP contribution in [0.25, 0.3) is 0 Å². The van der Waals surface area contributed by atoms with E-state index >= 15 is 0 Å². The van der Waals surface area contributed by atoms with E-state index in [9.17, 15) is 27.7 Å². The molecule has 0 radical (unpaired) electrons. The molecule has 0 fully saturated rings. The number of hydrogen-bond donors (Lipinski definition) is 1. The molecule has 0 spiro atoms. The maximum absolute atomic E-state index is 12.9. The number of non-ortho nitro benzene ring substituents is 1. The van der Waals surface area contributed by atoms with Crippen LogP contribution >= 0.6 is 0 Å². The number of nitrogens with zero attached hydrogens (tertiary/aromatic N) is 2. The topological polar surface area (TPSA) is 110 Å². The van der Waals surface area contributed by atoms with Gasteiger partial charge in [-0.3, -0.25) is 19.2 Å². The third-order valence-electron chi connectivity index (χ3n) is 3.42. The van der Waals surface area contributed by atoms with Crippen LogP contribution in [0.1, 0.15) is 5.56 Å². The van der Waals surface area contributed by atoms with Crippen molar-refractivity contribution in [2.75, 3.05) is 17.1 Å². The van der Waals surface area contributed by atoms with E-state index in [1.165, 1.54) is 42.5 Å². The van der Waals surface area contributed by atoms with Crippen molar-refractivity contribution in [1.29, 1.82) is 0 Å². The number of nitrogens with one attached hydrogen (secondary N) is 1. The Kier molecular flexibility index (Phi) is 5.88. The molecular formula is C16H16FN3O5S. The van der Waals surface area contributed by atoms with Crippen molar-refractivity contribution < 1.29 is 22.5 Å². The quantitative estimate of drug-likeness (QED) is 0.581. The molecule has 138 valence electrons. The molecule has 0 aliphatic rings. The molecule has 26 heavy (non-hydrogen) atoms. The Labute approximate surface area is 149 Å². The van der Waals surface area contributed by atoms with Gasteiger partial charge in [-0.15, -0.1) is 0 Å². The lowest BCUT2D eigenvalue weighted by molar-refractivity contribution is -0.384. The van der Waals surface area contributed by atoms with Crippen LogP contribution in [0.4, 0.5) is 15.8 Å². The first-order valence-corrected chi connectivity index (χ1v) is 9.25. The molecule has 0 unspecified atom stereocenters. The van der Waals surface area contributed by atoms with Gasteiger partial charge in [-0.2, -0.15) is 0 Å². The van der Waals surface area contributed by atoms with Gasteiger partial charge in [-0.05, 0) is 23.8 Å². The minimum absolute atomic E-state index is 0.0126. The fourth-order valence-corrected chi connectivity index (χ4v) is 3.00. The standard InChI is InChI=1S/C16H16FN3O5S/c1-26(24,25)19(14-3-2-4-15(9-14)20(22)23)11-16(21)18-10-12-5-7-13(17)8-6-12/h2-9H,10-11H2,1H3,(H,18,21). The predicted molar refractivity (Wildman–Crippen MR) is 93.5 cm³/mol. The largest absolute Gasteiger partial charge is 0.350 e. The van der Waals surface area contributed by atoms with Crippen LogP contribution in [-0.4, -0.2) is 32.0 Å². The highest BCUT2D eigenvalue weighted by atomic mass is 32.2. The second kappa shape index (κ2) is 7.91.